The summed E-state index contributed by atoms with van der Waals surface area (Å²) in [5.74, 6) is 1.29. The van der Waals surface area contributed by atoms with E-state index in [-0.39, 0.29) is 5.75 Å². The number of thiophene rings is 1. The van der Waals surface area contributed by atoms with Crippen molar-refractivity contribution in [2.45, 2.75) is 10.6 Å². The molecule has 1 aliphatic rings. The number of halogens is 1. The van der Waals surface area contributed by atoms with Gasteiger partial charge in [-0.2, -0.15) is 0 Å². The molecule has 2 aromatic heterocycles. The van der Waals surface area contributed by atoms with Crippen LogP contribution in [0.25, 0.3) is 10.1 Å². The number of hydrogen-bond donors (Lipinski definition) is 1. The summed E-state index contributed by atoms with van der Waals surface area (Å²) in [6, 6.07) is 9.05. The molecule has 1 N–H and O–H groups in total. The number of pyridine rings is 1. The number of rotatable bonds is 5. The third-order valence-corrected chi connectivity index (χ3v) is 8.68. The predicted octanol–water partition coefficient (Wildman–Crippen LogP) is 3.45. The Balaban J connectivity index is 1.81. The van der Waals surface area contributed by atoms with Crippen molar-refractivity contribution in [1.82, 2.24) is 10.3 Å². The smallest absolute Gasteiger partial charge is 0.185 e. The van der Waals surface area contributed by atoms with E-state index in [1.807, 2.05) is 6.07 Å². The average Bonchev–Trinajstić information content (AvgIpc) is 3.05. The lowest BCUT2D eigenvalue weighted by molar-refractivity contribution is 0.414. The van der Waals surface area contributed by atoms with Crippen LogP contribution in [-0.4, -0.2) is 46.7 Å². The lowest BCUT2D eigenvalue weighted by Crippen LogP contribution is -2.44. The van der Waals surface area contributed by atoms with Gasteiger partial charge in [-0.15, -0.1) is 11.3 Å². The van der Waals surface area contributed by atoms with Crippen LogP contribution in [0.5, 0.6) is 5.75 Å². The Hall–Kier alpha value is -1.68. The van der Waals surface area contributed by atoms with Crippen LogP contribution in [0.2, 0.25) is 0 Å². The average molecular weight is 482 g/mol. The molecule has 6 nitrogen and oxygen atoms in total. The first-order valence-corrected chi connectivity index (χ1v) is 12.1. The fraction of sp³-hybridized carbons (Fsp3) is 0.316. The second-order valence-corrected chi connectivity index (χ2v) is 10.9. The number of nitrogens with one attached hydrogen (secondary N) is 1. The molecule has 3 aromatic rings. The maximum Gasteiger partial charge on any atom is 0.185 e. The quantitative estimate of drug-likeness (QED) is 0.601. The van der Waals surface area contributed by atoms with E-state index >= 15 is 0 Å². The van der Waals surface area contributed by atoms with Crippen LogP contribution in [0.3, 0.4) is 0 Å². The molecule has 3 heterocycles. The molecule has 0 aliphatic carbocycles. The third-order valence-electron chi connectivity index (χ3n) is 4.72. The molecule has 0 radical (unpaired) electrons. The van der Waals surface area contributed by atoms with E-state index in [0.29, 0.717) is 25.4 Å². The highest BCUT2D eigenvalue weighted by Gasteiger charge is 2.28. The van der Waals surface area contributed by atoms with E-state index in [9.17, 15) is 8.42 Å². The van der Waals surface area contributed by atoms with Crippen LogP contribution in [0.15, 0.2) is 45.2 Å². The number of ether oxygens (including phenoxy) is 1. The molecule has 1 saturated heterocycles. The molecule has 0 saturated carbocycles. The standard InChI is InChI=1S/C19H20BrN3O3S2/c1-26-14-4-2-3-13(11-14)12-28(24,25)17-16-15(27-18(17)20)5-6-22-19(16)23-9-7-21-8-10-23/h2-6,11,21H,7-10,12H2,1H3. The van der Waals surface area contributed by atoms with Crippen LogP contribution in [-0.2, 0) is 15.6 Å². The van der Waals surface area contributed by atoms with Crippen molar-refractivity contribution in [2.24, 2.45) is 0 Å². The maximum absolute atomic E-state index is 13.4. The molecule has 0 atom stereocenters. The van der Waals surface area contributed by atoms with Gasteiger partial charge in [0.25, 0.3) is 0 Å². The van der Waals surface area contributed by atoms with Gasteiger partial charge in [0.2, 0.25) is 0 Å². The largest absolute Gasteiger partial charge is 0.497 e. The van der Waals surface area contributed by atoms with Gasteiger partial charge in [0.15, 0.2) is 9.84 Å². The molecule has 9 heteroatoms. The molecule has 0 unspecified atom stereocenters. The molecule has 0 amide bonds. The normalized spacial score (nSPS) is 15.1. The van der Waals surface area contributed by atoms with Gasteiger partial charge in [-0.1, -0.05) is 12.1 Å². The van der Waals surface area contributed by atoms with Gasteiger partial charge in [0, 0.05) is 37.1 Å². The summed E-state index contributed by atoms with van der Waals surface area (Å²) in [5, 5.41) is 4.03. The van der Waals surface area contributed by atoms with Gasteiger partial charge in [-0.05, 0) is 39.7 Å². The highest BCUT2D eigenvalue weighted by atomic mass is 79.9. The summed E-state index contributed by atoms with van der Waals surface area (Å²) in [5.41, 5.74) is 0.693. The van der Waals surface area contributed by atoms with E-state index in [2.05, 4.69) is 31.1 Å². The first-order chi connectivity index (χ1) is 13.5. The Bertz CT molecular complexity index is 1110. The number of hydrogen-bond acceptors (Lipinski definition) is 7. The molecule has 148 valence electrons. The second kappa shape index (κ2) is 7.98. The Morgan fingerprint density at radius 2 is 2.07 bits per heavy atom. The molecular weight excluding hydrogens is 462 g/mol. The number of sulfone groups is 1. The summed E-state index contributed by atoms with van der Waals surface area (Å²) in [7, 11) is -2.02. The molecule has 1 fully saturated rings. The SMILES string of the molecule is COc1cccc(CS(=O)(=O)c2c(Br)sc3ccnc(N4CCNCC4)c23)c1. The first kappa shape index (κ1) is 19.6. The molecule has 28 heavy (non-hydrogen) atoms. The van der Waals surface area contributed by atoms with E-state index in [1.54, 1.807) is 37.6 Å². The van der Waals surface area contributed by atoms with Crippen LogP contribution in [0.4, 0.5) is 5.82 Å². The minimum absolute atomic E-state index is 0.0927. The van der Waals surface area contributed by atoms with Crippen molar-refractivity contribution in [3.05, 3.63) is 45.9 Å². The van der Waals surface area contributed by atoms with E-state index in [0.717, 1.165) is 36.7 Å². The second-order valence-electron chi connectivity index (χ2n) is 6.56. The molecule has 1 aliphatic heterocycles. The van der Waals surface area contributed by atoms with Gasteiger partial charge in [-0.25, -0.2) is 13.4 Å². The Labute approximate surface area is 176 Å². The minimum atomic E-state index is -3.59. The lowest BCUT2D eigenvalue weighted by atomic mass is 10.2. The maximum atomic E-state index is 13.4. The number of fused-ring (bicyclic) bond motifs is 1. The van der Waals surface area contributed by atoms with Crippen molar-refractivity contribution >= 4 is 53.0 Å². The molecule has 1 aromatic carbocycles. The monoisotopic (exact) mass is 481 g/mol. The van der Waals surface area contributed by atoms with Gasteiger partial charge in [-0.3, -0.25) is 0 Å². The van der Waals surface area contributed by atoms with E-state index in [1.165, 1.54) is 11.3 Å². The highest BCUT2D eigenvalue weighted by Crippen LogP contribution is 2.43. The number of benzene rings is 1. The summed E-state index contributed by atoms with van der Waals surface area (Å²) in [6.45, 7) is 3.31. The number of aromatic nitrogens is 1. The topological polar surface area (TPSA) is 71.5 Å². The summed E-state index contributed by atoms with van der Waals surface area (Å²) >= 11 is 4.93. The number of anilines is 1. The molecule has 0 bridgehead atoms. The zero-order valence-corrected chi connectivity index (χ0v) is 18.5. The summed E-state index contributed by atoms with van der Waals surface area (Å²) < 4.78 is 33.6. The fourth-order valence-electron chi connectivity index (χ4n) is 3.42. The van der Waals surface area contributed by atoms with Gasteiger partial charge >= 0.3 is 0 Å². The van der Waals surface area contributed by atoms with Crippen molar-refractivity contribution < 1.29 is 13.2 Å². The van der Waals surface area contributed by atoms with Crippen LogP contribution >= 0.6 is 27.3 Å². The van der Waals surface area contributed by atoms with Crippen LogP contribution in [0, 0.1) is 0 Å². The van der Waals surface area contributed by atoms with Crippen molar-refractivity contribution in [3.8, 4) is 5.75 Å². The Morgan fingerprint density at radius 1 is 1.29 bits per heavy atom. The summed E-state index contributed by atoms with van der Waals surface area (Å²) in [4.78, 5) is 7.04. The van der Waals surface area contributed by atoms with Gasteiger partial charge in [0.1, 0.15) is 16.5 Å². The van der Waals surface area contributed by atoms with E-state index in [4.69, 9.17) is 4.74 Å². The first-order valence-electron chi connectivity index (χ1n) is 8.88. The van der Waals surface area contributed by atoms with Gasteiger partial charge in [0.05, 0.1) is 22.0 Å². The van der Waals surface area contributed by atoms with Crippen LogP contribution < -0.4 is 15.0 Å². The Kier molecular flexibility index (Phi) is 5.59. The number of piperazine rings is 1. The fourth-order valence-corrected chi connectivity index (χ4v) is 7.78. The third kappa shape index (κ3) is 3.76. The number of nitrogens with zero attached hydrogens (tertiary/aromatic N) is 2. The highest BCUT2D eigenvalue weighted by molar-refractivity contribution is 9.11. The Morgan fingerprint density at radius 3 is 2.82 bits per heavy atom. The minimum Gasteiger partial charge on any atom is -0.497 e. The molecule has 4 rings (SSSR count). The number of methoxy groups -OCH3 is 1. The predicted molar refractivity (Wildman–Crippen MR) is 116 cm³/mol. The lowest BCUT2D eigenvalue weighted by Gasteiger charge is -2.29. The zero-order chi connectivity index (χ0) is 19.7. The molecule has 0 spiro atoms. The van der Waals surface area contributed by atoms with Crippen molar-refractivity contribution in [1.29, 1.82) is 0 Å². The zero-order valence-electron chi connectivity index (χ0n) is 15.3. The summed E-state index contributed by atoms with van der Waals surface area (Å²) in [6.07, 6.45) is 1.75. The van der Waals surface area contributed by atoms with Gasteiger partial charge < -0.3 is 15.0 Å². The van der Waals surface area contributed by atoms with Crippen LogP contribution in [0.1, 0.15) is 5.56 Å². The van der Waals surface area contributed by atoms with E-state index < -0.39 is 9.84 Å². The van der Waals surface area contributed by atoms with Crippen molar-refractivity contribution in [2.75, 3.05) is 38.2 Å². The van der Waals surface area contributed by atoms with Crippen molar-refractivity contribution in [3.63, 3.8) is 0 Å². The molecular formula is C19H20BrN3O3S2.